The van der Waals surface area contributed by atoms with Gasteiger partial charge in [0.25, 0.3) is 0 Å². The molecule has 0 aromatic carbocycles. The summed E-state index contributed by atoms with van der Waals surface area (Å²) < 4.78 is 5.18. The fourth-order valence-electron chi connectivity index (χ4n) is 1.90. The zero-order chi connectivity index (χ0) is 14.7. The Morgan fingerprint density at radius 1 is 1.38 bits per heavy atom. The number of hydrogen-bond donors (Lipinski definition) is 2. The molecule has 0 aliphatic heterocycles. The maximum absolute atomic E-state index is 12.0. The second kappa shape index (κ2) is 6.11. The third-order valence-corrected chi connectivity index (χ3v) is 4.59. The molecule has 0 fully saturated rings. The van der Waals surface area contributed by atoms with E-state index in [1.165, 1.54) is 11.3 Å². The van der Waals surface area contributed by atoms with Crippen molar-refractivity contribution < 1.29 is 9.21 Å². The molecule has 0 atom stereocenters. The van der Waals surface area contributed by atoms with Crippen LogP contribution in [0.4, 0.5) is 5.13 Å². The Bertz CT molecular complexity index is 718. The summed E-state index contributed by atoms with van der Waals surface area (Å²) in [6, 6.07) is 7.54. The van der Waals surface area contributed by atoms with Crippen LogP contribution in [0.1, 0.15) is 10.6 Å². The van der Waals surface area contributed by atoms with Crippen molar-refractivity contribution in [2.45, 2.75) is 13.0 Å². The van der Waals surface area contributed by atoms with Gasteiger partial charge in [-0.25, -0.2) is 4.98 Å². The van der Waals surface area contributed by atoms with Crippen molar-refractivity contribution in [2.75, 3.05) is 5.73 Å². The molecule has 0 radical (unpaired) electrons. The van der Waals surface area contributed by atoms with Gasteiger partial charge in [0, 0.05) is 4.88 Å². The Hall–Kier alpha value is -2.12. The number of amides is 1. The average molecular weight is 319 g/mol. The van der Waals surface area contributed by atoms with Gasteiger partial charge in [0.05, 0.1) is 29.8 Å². The molecule has 3 aromatic rings. The Morgan fingerprint density at radius 2 is 2.29 bits per heavy atom. The topological polar surface area (TPSA) is 81.1 Å². The first-order valence-electron chi connectivity index (χ1n) is 6.30. The maximum atomic E-state index is 12.0. The van der Waals surface area contributed by atoms with Crippen LogP contribution in [-0.2, 0) is 17.8 Å². The molecule has 1 amide bonds. The van der Waals surface area contributed by atoms with Crippen molar-refractivity contribution in [2.24, 2.45) is 0 Å². The molecule has 7 heteroatoms. The number of nitrogens with two attached hydrogens (primary N) is 1. The van der Waals surface area contributed by atoms with Crippen molar-refractivity contribution in [3.8, 4) is 10.6 Å². The van der Waals surface area contributed by atoms with Crippen molar-refractivity contribution in [1.29, 1.82) is 0 Å². The van der Waals surface area contributed by atoms with Crippen LogP contribution in [0.2, 0.25) is 0 Å². The molecule has 108 valence electrons. The molecule has 21 heavy (non-hydrogen) atoms. The molecule has 3 N–H and O–H groups in total. The van der Waals surface area contributed by atoms with Gasteiger partial charge in [0.15, 0.2) is 5.13 Å². The van der Waals surface area contributed by atoms with E-state index in [-0.39, 0.29) is 12.3 Å². The summed E-state index contributed by atoms with van der Waals surface area (Å²) in [4.78, 5) is 18.3. The van der Waals surface area contributed by atoms with Crippen LogP contribution in [0.15, 0.2) is 40.3 Å². The quantitative estimate of drug-likeness (QED) is 0.757. The number of nitrogens with zero attached hydrogens (tertiary/aromatic N) is 1. The number of anilines is 1. The molecule has 0 saturated carbocycles. The summed E-state index contributed by atoms with van der Waals surface area (Å²) >= 11 is 2.94. The van der Waals surface area contributed by atoms with Crippen molar-refractivity contribution in [3.05, 3.63) is 46.5 Å². The van der Waals surface area contributed by atoms with E-state index < -0.39 is 0 Å². The van der Waals surface area contributed by atoms with Crippen molar-refractivity contribution in [3.63, 3.8) is 0 Å². The van der Waals surface area contributed by atoms with Gasteiger partial charge in [0.2, 0.25) is 5.91 Å². The first-order valence-corrected chi connectivity index (χ1v) is 8.00. The number of hydrogen-bond acceptors (Lipinski definition) is 6. The first kappa shape index (κ1) is 13.8. The first-order chi connectivity index (χ1) is 10.2. The highest BCUT2D eigenvalue weighted by Crippen LogP contribution is 2.32. The van der Waals surface area contributed by atoms with E-state index in [1.807, 2.05) is 23.6 Å². The highest BCUT2D eigenvalue weighted by atomic mass is 32.1. The highest BCUT2D eigenvalue weighted by molar-refractivity contribution is 7.17. The lowest BCUT2D eigenvalue weighted by atomic mass is 10.2. The number of thiazole rings is 1. The predicted molar refractivity (Wildman–Crippen MR) is 84.1 cm³/mol. The van der Waals surface area contributed by atoms with Gasteiger partial charge in [-0.15, -0.1) is 22.7 Å². The van der Waals surface area contributed by atoms with Crippen LogP contribution >= 0.6 is 22.7 Å². The van der Waals surface area contributed by atoms with Gasteiger partial charge in [0.1, 0.15) is 5.76 Å². The second-order valence-electron chi connectivity index (χ2n) is 4.33. The zero-order valence-electron chi connectivity index (χ0n) is 11.0. The number of rotatable bonds is 5. The van der Waals surface area contributed by atoms with E-state index in [9.17, 15) is 4.79 Å². The third kappa shape index (κ3) is 3.32. The lowest BCUT2D eigenvalue weighted by Crippen LogP contribution is -2.24. The van der Waals surface area contributed by atoms with Crippen molar-refractivity contribution in [1.82, 2.24) is 10.3 Å². The Balaban J connectivity index is 1.68. The summed E-state index contributed by atoms with van der Waals surface area (Å²) in [6.45, 7) is 0.383. The molecule has 0 aliphatic rings. The number of carbonyl (C=O) groups excluding carboxylic acids is 1. The SMILES string of the molecule is Nc1nc(-c2cccs2)c(CC(=O)NCc2ccco2)s1. The highest BCUT2D eigenvalue weighted by Gasteiger charge is 2.15. The maximum Gasteiger partial charge on any atom is 0.225 e. The third-order valence-electron chi connectivity index (χ3n) is 2.83. The molecule has 0 bridgehead atoms. The molecule has 0 saturated heterocycles. The van der Waals surface area contributed by atoms with Crippen LogP contribution in [-0.4, -0.2) is 10.9 Å². The molecule has 3 heterocycles. The summed E-state index contributed by atoms with van der Waals surface area (Å²) in [5.74, 6) is 0.651. The number of thiophene rings is 1. The lowest BCUT2D eigenvalue weighted by Gasteiger charge is -2.03. The van der Waals surface area contributed by atoms with Crippen LogP contribution < -0.4 is 11.1 Å². The normalized spacial score (nSPS) is 10.7. The van der Waals surface area contributed by atoms with E-state index in [0.717, 1.165) is 21.2 Å². The number of nitrogen functional groups attached to an aromatic ring is 1. The van der Waals surface area contributed by atoms with Crippen LogP contribution in [0.5, 0.6) is 0 Å². The smallest absolute Gasteiger partial charge is 0.225 e. The summed E-state index contributed by atoms with van der Waals surface area (Å²) in [6.07, 6.45) is 1.85. The fraction of sp³-hybridized carbons (Fsp3) is 0.143. The zero-order valence-corrected chi connectivity index (χ0v) is 12.7. The van der Waals surface area contributed by atoms with Crippen molar-refractivity contribution >= 4 is 33.7 Å². The predicted octanol–water partition coefficient (Wildman–Crippen LogP) is 2.91. The monoisotopic (exact) mass is 319 g/mol. The fourth-order valence-corrected chi connectivity index (χ4v) is 3.55. The molecule has 0 spiro atoms. The van der Waals surface area contributed by atoms with Gasteiger partial charge in [-0.3, -0.25) is 4.79 Å². The van der Waals surface area contributed by atoms with Crippen LogP contribution in [0.25, 0.3) is 10.6 Å². The summed E-state index contributed by atoms with van der Waals surface area (Å²) in [5, 5.41) is 5.28. The van der Waals surface area contributed by atoms with Gasteiger partial charge >= 0.3 is 0 Å². The molecule has 3 aromatic heterocycles. The number of aromatic nitrogens is 1. The second-order valence-corrected chi connectivity index (χ2v) is 6.40. The minimum absolute atomic E-state index is 0.0761. The van der Waals surface area contributed by atoms with Gasteiger partial charge in [-0.2, -0.15) is 0 Å². The molecule has 0 unspecified atom stereocenters. The molecule has 0 aliphatic carbocycles. The minimum Gasteiger partial charge on any atom is -0.467 e. The van der Waals surface area contributed by atoms with E-state index in [1.54, 1.807) is 23.7 Å². The van der Waals surface area contributed by atoms with E-state index >= 15 is 0 Å². The lowest BCUT2D eigenvalue weighted by molar-refractivity contribution is -0.120. The van der Waals surface area contributed by atoms with Gasteiger partial charge in [-0.05, 0) is 23.6 Å². The van der Waals surface area contributed by atoms with E-state index in [0.29, 0.717) is 11.7 Å². The molecular formula is C14H13N3O2S2. The van der Waals surface area contributed by atoms with Crippen LogP contribution in [0.3, 0.4) is 0 Å². The van der Waals surface area contributed by atoms with E-state index in [4.69, 9.17) is 10.2 Å². The minimum atomic E-state index is -0.0761. The Labute approximate surface area is 129 Å². The molecule has 3 rings (SSSR count). The standard InChI is InChI=1S/C14H13N3O2S2/c15-14-17-13(10-4-2-6-20-10)11(21-14)7-12(18)16-8-9-3-1-5-19-9/h1-6H,7-8H2,(H2,15,17)(H,16,18). The van der Waals surface area contributed by atoms with Crippen LogP contribution in [0, 0.1) is 0 Å². The number of carbonyl (C=O) groups is 1. The average Bonchev–Trinajstić information content (AvgIpc) is 3.18. The van der Waals surface area contributed by atoms with Gasteiger partial charge < -0.3 is 15.5 Å². The number of furan rings is 1. The summed E-state index contributed by atoms with van der Waals surface area (Å²) in [5.41, 5.74) is 6.58. The summed E-state index contributed by atoms with van der Waals surface area (Å²) in [7, 11) is 0. The number of nitrogens with one attached hydrogen (secondary N) is 1. The molecular weight excluding hydrogens is 306 g/mol. The van der Waals surface area contributed by atoms with E-state index in [2.05, 4.69) is 10.3 Å². The molecule has 5 nitrogen and oxygen atoms in total. The largest absolute Gasteiger partial charge is 0.467 e. The Kier molecular flexibility index (Phi) is 4.03. The van der Waals surface area contributed by atoms with Gasteiger partial charge in [-0.1, -0.05) is 6.07 Å². The Morgan fingerprint density at radius 3 is 3.00 bits per heavy atom.